The molecule has 0 atom stereocenters. The van der Waals surface area contributed by atoms with Crippen LogP contribution in [0.4, 0.5) is 0 Å². The molecule has 1 aromatic rings. The molecule has 0 saturated carbocycles. The van der Waals surface area contributed by atoms with Gasteiger partial charge in [-0.15, -0.1) is 10.9 Å². The zero-order valence-corrected chi connectivity index (χ0v) is 7.27. The summed E-state index contributed by atoms with van der Waals surface area (Å²) >= 11 is 3.34. The first-order chi connectivity index (χ1) is 4.61. The molecule has 0 saturated heterocycles. The molecule has 0 unspecified atom stereocenters. The summed E-state index contributed by atoms with van der Waals surface area (Å²) in [6, 6.07) is 3.66. The van der Waals surface area contributed by atoms with Gasteiger partial charge in [-0.25, -0.2) is 0 Å². The monoisotopic (exact) mass is 190 g/mol. The molecule has 4 radical (unpaired) electrons. The van der Waals surface area contributed by atoms with Gasteiger partial charge in [0.15, 0.2) is 0 Å². The number of hydrogen-bond acceptors (Lipinski definition) is 0. The van der Waals surface area contributed by atoms with Gasteiger partial charge in [0.2, 0.25) is 0 Å². The van der Waals surface area contributed by atoms with Gasteiger partial charge in [-0.1, -0.05) is 28.1 Å². The molecule has 0 bridgehead atoms. The molecule has 0 aliphatic heterocycles. The Balaban J connectivity index is 3.28. The fourth-order valence-electron chi connectivity index (χ4n) is 0.719. The molecule has 46 valence electrons. The highest BCUT2D eigenvalue weighted by Crippen LogP contribution is 2.11. The van der Waals surface area contributed by atoms with E-state index < -0.39 is 0 Å². The van der Waals surface area contributed by atoms with Crippen molar-refractivity contribution in [2.45, 2.75) is 6.92 Å². The molecule has 3 heteroatoms. The second-order valence-corrected chi connectivity index (χ2v) is 3.08. The maximum atomic E-state index is 5.54. The molecule has 0 N–H and O–H groups in total. The van der Waals surface area contributed by atoms with Gasteiger partial charge in [-0.05, 0) is 12.5 Å². The van der Waals surface area contributed by atoms with Crippen LogP contribution in [0.5, 0.6) is 0 Å². The topological polar surface area (TPSA) is 0 Å². The van der Waals surface area contributed by atoms with E-state index in [-0.39, 0.29) is 0 Å². The van der Waals surface area contributed by atoms with E-state index in [0.29, 0.717) is 10.9 Å². The third-order valence-electron chi connectivity index (χ3n) is 1.36. The Bertz CT molecular complexity index is 208. The molecular weight excluding hydrogens is 186 g/mol. The van der Waals surface area contributed by atoms with Crippen molar-refractivity contribution in [3.8, 4) is 0 Å². The van der Waals surface area contributed by atoms with Gasteiger partial charge in [0.25, 0.3) is 0 Å². The smallest absolute Gasteiger partial charge is 0.103 e. The summed E-state index contributed by atoms with van der Waals surface area (Å²) < 4.78 is 0.999. The first kappa shape index (κ1) is 7.93. The van der Waals surface area contributed by atoms with E-state index >= 15 is 0 Å². The third-order valence-corrected chi connectivity index (χ3v) is 2.22. The maximum Gasteiger partial charge on any atom is 0.113 e. The molecule has 0 aliphatic carbocycles. The van der Waals surface area contributed by atoms with Crippen molar-refractivity contribution >= 4 is 42.5 Å². The molecule has 0 amide bonds. The first-order valence-corrected chi connectivity index (χ1v) is 3.71. The van der Waals surface area contributed by atoms with E-state index in [9.17, 15) is 0 Å². The molecule has 0 spiro atoms. The minimum Gasteiger partial charge on any atom is -0.103 e. The standard InChI is InChI=1S/C7H5B2Br/c1-4-2-5(8)6(9)3-7(4)10/h2-3H,1H3. The van der Waals surface area contributed by atoms with Crippen LogP contribution in [-0.4, -0.2) is 15.7 Å². The van der Waals surface area contributed by atoms with Crippen molar-refractivity contribution in [1.82, 2.24) is 0 Å². The van der Waals surface area contributed by atoms with Crippen LogP contribution in [0, 0.1) is 6.92 Å². The summed E-state index contributed by atoms with van der Waals surface area (Å²) in [7, 11) is 11.1. The maximum absolute atomic E-state index is 5.54. The van der Waals surface area contributed by atoms with E-state index in [1.807, 2.05) is 19.1 Å². The first-order valence-electron chi connectivity index (χ1n) is 2.92. The van der Waals surface area contributed by atoms with E-state index in [0.717, 1.165) is 10.0 Å². The van der Waals surface area contributed by atoms with Crippen molar-refractivity contribution < 1.29 is 0 Å². The average molecular weight is 191 g/mol. The number of rotatable bonds is 0. The SMILES string of the molecule is [B]c1cc(C)c(Br)cc1[B]. The summed E-state index contributed by atoms with van der Waals surface area (Å²) in [6.07, 6.45) is 0. The van der Waals surface area contributed by atoms with Crippen LogP contribution in [0.15, 0.2) is 16.6 Å². The molecule has 0 aromatic heterocycles. The zero-order valence-electron chi connectivity index (χ0n) is 5.69. The van der Waals surface area contributed by atoms with E-state index in [4.69, 9.17) is 15.7 Å². The molecular formula is C7H5B2Br. The summed E-state index contributed by atoms with van der Waals surface area (Å²) in [4.78, 5) is 0. The molecule has 0 fully saturated rings. The van der Waals surface area contributed by atoms with Crippen LogP contribution < -0.4 is 10.9 Å². The fraction of sp³-hybridized carbons (Fsp3) is 0.143. The number of benzene rings is 1. The van der Waals surface area contributed by atoms with Gasteiger partial charge in [-0.2, -0.15) is 0 Å². The number of halogens is 1. The fourth-order valence-corrected chi connectivity index (χ4v) is 1.08. The van der Waals surface area contributed by atoms with Gasteiger partial charge < -0.3 is 0 Å². The number of aryl methyl sites for hydroxylation is 1. The summed E-state index contributed by atoms with van der Waals surface area (Å²) in [5.74, 6) is 0. The van der Waals surface area contributed by atoms with E-state index in [1.165, 1.54) is 0 Å². The molecule has 10 heavy (non-hydrogen) atoms. The molecule has 0 aliphatic rings. The van der Waals surface area contributed by atoms with Gasteiger partial charge in [-0.3, -0.25) is 0 Å². The molecule has 0 heterocycles. The third kappa shape index (κ3) is 1.46. The summed E-state index contributed by atoms with van der Waals surface area (Å²) in [6.45, 7) is 1.97. The molecule has 0 nitrogen and oxygen atoms in total. The highest BCUT2D eigenvalue weighted by Gasteiger charge is 1.95. The Morgan fingerprint density at radius 1 is 1.20 bits per heavy atom. The van der Waals surface area contributed by atoms with Crippen LogP contribution in [0.2, 0.25) is 0 Å². The lowest BCUT2D eigenvalue weighted by Crippen LogP contribution is -2.25. The second kappa shape index (κ2) is 2.83. The van der Waals surface area contributed by atoms with Crippen molar-refractivity contribution in [2.24, 2.45) is 0 Å². The van der Waals surface area contributed by atoms with Crippen molar-refractivity contribution in [3.63, 3.8) is 0 Å². The Labute approximate surface area is 72.0 Å². The predicted octanol–water partition coefficient (Wildman–Crippen LogP) is 0.345. The van der Waals surface area contributed by atoms with Gasteiger partial charge in [0.1, 0.15) is 15.7 Å². The zero-order chi connectivity index (χ0) is 7.72. The van der Waals surface area contributed by atoms with E-state index in [1.54, 1.807) is 0 Å². The van der Waals surface area contributed by atoms with Crippen LogP contribution >= 0.6 is 15.9 Å². The van der Waals surface area contributed by atoms with Crippen molar-refractivity contribution in [1.29, 1.82) is 0 Å². The Morgan fingerprint density at radius 3 is 2.20 bits per heavy atom. The van der Waals surface area contributed by atoms with Gasteiger partial charge >= 0.3 is 0 Å². The Morgan fingerprint density at radius 2 is 1.70 bits per heavy atom. The highest BCUT2D eigenvalue weighted by atomic mass is 79.9. The highest BCUT2D eigenvalue weighted by molar-refractivity contribution is 9.10. The second-order valence-electron chi connectivity index (χ2n) is 2.23. The van der Waals surface area contributed by atoms with Crippen molar-refractivity contribution in [2.75, 3.05) is 0 Å². The van der Waals surface area contributed by atoms with E-state index in [2.05, 4.69) is 15.9 Å². The van der Waals surface area contributed by atoms with Crippen LogP contribution in [-0.2, 0) is 0 Å². The Kier molecular flexibility index (Phi) is 2.24. The number of hydrogen-bond donors (Lipinski definition) is 0. The normalized spacial score (nSPS) is 9.80. The molecule has 1 aromatic carbocycles. The lowest BCUT2D eigenvalue weighted by molar-refractivity contribution is 1.46. The minimum absolute atomic E-state index is 0.623. The summed E-state index contributed by atoms with van der Waals surface area (Å²) in [5, 5.41) is 0. The summed E-state index contributed by atoms with van der Waals surface area (Å²) in [5.41, 5.74) is 2.37. The quantitative estimate of drug-likeness (QED) is 0.518. The average Bonchev–Trinajstić information content (AvgIpc) is 1.84. The van der Waals surface area contributed by atoms with Crippen LogP contribution in [0.3, 0.4) is 0 Å². The van der Waals surface area contributed by atoms with Gasteiger partial charge in [0.05, 0.1) is 0 Å². The lowest BCUT2D eigenvalue weighted by Gasteiger charge is -2.03. The largest absolute Gasteiger partial charge is 0.113 e. The molecule has 1 rings (SSSR count). The van der Waals surface area contributed by atoms with Crippen LogP contribution in [0.25, 0.3) is 0 Å². The Hall–Kier alpha value is -0.170. The minimum atomic E-state index is 0.623. The predicted molar refractivity (Wildman–Crippen MR) is 49.7 cm³/mol. The lowest BCUT2D eigenvalue weighted by atomic mass is 9.80. The van der Waals surface area contributed by atoms with Crippen LogP contribution in [0.1, 0.15) is 5.56 Å². The van der Waals surface area contributed by atoms with Gasteiger partial charge in [0, 0.05) is 4.47 Å². The van der Waals surface area contributed by atoms with Crippen molar-refractivity contribution in [3.05, 3.63) is 22.2 Å².